The second-order valence-electron chi connectivity index (χ2n) is 5.20. The Hall–Kier alpha value is -0.890. The van der Waals surface area contributed by atoms with Crippen LogP contribution in [-0.4, -0.2) is 47.5 Å². The molecule has 1 aliphatic rings. The standard InChI is InChI=1S/C14H19F3N2O2.2ClH/c15-14(16,17)4-3-12(19-7-5-18-6-8-19)11-9-10(20)1-2-13(11)21;;/h1-2,9,12,18,20-21H,3-8H2;2*1H/t12-;;/m1../s1. The number of alkyl halides is 3. The van der Waals surface area contributed by atoms with Crippen LogP contribution in [0.1, 0.15) is 24.4 Å². The van der Waals surface area contributed by atoms with Gasteiger partial charge in [0.1, 0.15) is 11.5 Å². The van der Waals surface area contributed by atoms with Gasteiger partial charge in [-0.1, -0.05) is 0 Å². The number of phenols is 2. The van der Waals surface area contributed by atoms with Gasteiger partial charge in [0.15, 0.2) is 0 Å². The molecule has 2 rings (SSSR count). The lowest BCUT2D eigenvalue weighted by Gasteiger charge is -2.35. The largest absolute Gasteiger partial charge is 0.508 e. The quantitative estimate of drug-likeness (QED) is 0.706. The van der Waals surface area contributed by atoms with E-state index in [1.807, 2.05) is 4.90 Å². The molecule has 0 unspecified atom stereocenters. The van der Waals surface area contributed by atoms with Gasteiger partial charge in [-0.05, 0) is 24.6 Å². The van der Waals surface area contributed by atoms with E-state index in [0.717, 1.165) is 0 Å². The van der Waals surface area contributed by atoms with Gasteiger partial charge in [0, 0.05) is 44.2 Å². The number of benzene rings is 1. The molecule has 0 amide bonds. The first-order valence-electron chi connectivity index (χ1n) is 6.90. The van der Waals surface area contributed by atoms with E-state index in [1.54, 1.807) is 0 Å². The Balaban J connectivity index is 0.00000242. The summed E-state index contributed by atoms with van der Waals surface area (Å²) in [5.74, 6) is -0.145. The molecule has 1 atom stereocenters. The number of rotatable bonds is 4. The van der Waals surface area contributed by atoms with Crippen LogP contribution in [0.4, 0.5) is 13.2 Å². The summed E-state index contributed by atoms with van der Waals surface area (Å²) in [6.45, 7) is 2.61. The van der Waals surface area contributed by atoms with Crippen LogP contribution < -0.4 is 5.32 Å². The molecule has 0 radical (unpaired) electrons. The Labute approximate surface area is 145 Å². The summed E-state index contributed by atoms with van der Waals surface area (Å²) in [4.78, 5) is 1.91. The topological polar surface area (TPSA) is 55.7 Å². The van der Waals surface area contributed by atoms with E-state index in [2.05, 4.69) is 5.32 Å². The van der Waals surface area contributed by atoms with Gasteiger partial charge in [0.25, 0.3) is 0 Å². The van der Waals surface area contributed by atoms with Crippen LogP contribution in [0.25, 0.3) is 0 Å². The summed E-state index contributed by atoms with van der Waals surface area (Å²) in [5.41, 5.74) is 0.348. The molecule has 1 aliphatic heterocycles. The van der Waals surface area contributed by atoms with Gasteiger partial charge in [-0.2, -0.15) is 13.2 Å². The van der Waals surface area contributed by atoms with Crippen molar-refractivity contribution in [3.05, 3.63) is 23.8 Å². The molecular formula is C14H21Cl2F3N2O2. The highest BCUT2D eigenvalue weighted by Crippen LogP contribution is 2.37. The minimum atomic E-state index is -4.24. The van der Waals surface area contributed by atoms with E-state index in [-0.39, 0.29) is 42.7 Å². The third-order valence-electron chi connectivity index (χ3n) is 3.66. The summed E-state index contributed by atoms with van der Waals surface area (Å²) >= 11 is 0. The number of aromatic hydroxyl groups is 2. The molecule has 1 saturated heterocycles. The third-order valence-corrected chi connectivity index (χ3v) is 3.66. The molecule has 1 heterocycles. The zero-order valence-corrected chi connectivity index (χ0v) is 14.0. The fourth-order valence-corrected chi connectivity index (χ4v) is 2.64. The molecule has 23 heavy (non-hydrogen) atoms. The van der Waals surface area contributed by atoms with Crippen molar-refractivity contribution in [3.63, 3.8) is 0 Å². The average Bonchev–Trinajstić information content (AvgIpc) is 2.43. The summed E-state index contributed by atoms with van der Waals surface area (Å²) in [7, 11) is 0. The first-order chi connectivity index (χ1) is 9.87. The van der Waals surface area contributed by atoms with Crippen LogP contribution in [0.15, 0.2) is 18.2 Å². The number of halogens is 5. The first kappa shape index (κ1) is 22.1. The number of hydrogen-bond donors (Lipinski definition) is 3. The van der Waals surface area contributed by atoms with Crippen LogP contribution in [0.3, 0.4) is 0 Å². The van der Waals surface area contributed by atoms with Gasteiger partial charge >= 0.3 is 6.18 Å². The smallest absolute Gasteiger partial charge is 0.389 e. The molecule has 1 aromatic rings. The van der Waals surface area contributed by atoms with Gasteiger partial charge in [0.05, 0.1) is 0 Å². The van der Waals surface area contributed by atoms with Crippen LogP contribution >= 0.6 is 24.8 Å². The maximum absolute atomic E-state index is 12.5. The van der Waals surface area contributed by atoms with E-state index in [9.17, 15) is 23.4 Å². The Kier molecular flexibility index (Phi) is 9.05. The third kappa shape index (κ3) is 6.63. The number of piperazine rings is 1. The van der Waals surface area contributed by atoms with Gasteiger partial charge < -0.3 is 15.5 Å². The van der Waals surface area contributed by atoms with Crippen LogP contribution in [0, 0.1) is 0 Å². The minimum Gasteiger partial charge on any atom is -0.508 e. The molecular weight excluding hydrogens is 356 g/mol. The summed E-state index contributed by atoms with van der Waals surface area (Å²) in [6, 6.07) is 3.42. The van der Waals surface area contributed by atoms with Gasteiger partial charge in [-0.25, -0.2) is 0 Å². The molecule has 1 fully saturated rings. The maximum Gasteiger partial charge on any atom is 0.389 e. The average molecular weight is 377 g/mol. The van der Waals surface area contributed by atoms with Crippen molar-refractivity contribution in [2.75, 3.05) is 26.2 Å². The number of hydrogen-bond acceptors (Lipinski definition) is 4. The molecule has 0 saturated carbocycles. The SMILES string of the molecule is Cl.Cl.Oc1ccc(O)c([C@@H](CCC(F)(F)F)N2CCNCC2)c1. The van der Waals surface area contributed by atoms with Crippen molar-refractivity contribution in [2.45, 2.75) is 25.1 Å². The molecule has 134 valence electrons. The molecule has 1 aromatic carbocycles. The van der Waals surface area contributed by atoms with E-state index in [0.29, 0.717) is 31.7 Å². The Morgan fingerprint density at radius 1 is 1.13 bits per heavy atom. The van der Waals surface area contributed by atoms with Gasteiger partial charge in [-0.3, -0.25) is 4.90 Å². The predicted octanol–water partition coefficient (Wildman–Crippen LogP) is 3.23. The number of nitrogens with one attached hydrogen (secondary N) is 1. The zero-order chi connectivity index (χ0) is 15.5. The molecule has 0 aromatic heterocycles. The fourth-order valence-electron chi connectivity index (χ4n) is 2.64. The first-order valence-corrected chi connectivity index (χ1v) is 6.90. The Morgan fingerprint density at radius 2 is 1.74 bits per heavy atom. The lowest BCUT2D eigenvalue weighted by atomic mass is 9.98. The highest BCUT2D eigenvalue weighted by atomic mass is 35.5. The van der Waals surface area contributed by atoms with Crippen molar-refractivity contribution in [3.8, 4) is 11.5 Å². The minimum absolute atomic E-state index is 0. The highest BCUT2D eigenvalue weighted by molar-refractivity contribution is 5.85. The summed E-state index contributed by atoms with van der Waals surface area (Å²) in [5, 5.41) is 22.6. The molecule has 4 nitrogen and oxygen atoms in total. The Morgan fingerprint density at radius 3 is 2.30 bits per heavy atom. The zero-order valence-electron chi connectivity index (χ0n) is 12.3. The van der Waals surface area contributed by atoms with Crippen molar-refractivity contribution < 1.29 is 23.4 Å². The molecule has 0 spiro atoms. The molecule has 0 aliphatic carbocycles. The van der Waals surface area contributed by atoms with Crippen LogP contribution in [-0.2, 0) is 0 Å². The van der Waals surface area contributed by atoms with Crippen molar-refractivity contribution >= 4 is 24.8 Å². The Bertz CT molecular complexity index is 484. The monoisotopic (exact) mass is 376 g/mol. The normalized spacial score (nSPS) is 17.0. The fraction of sp³-hybridized carbons (Fsp3) is 0.571. The molecule has 9 heteroatoms. The molecule has 3 N–H and O–H groups in total. The van der Waals surface area contributed by atoms with E-state index >= 15 is 0 Å². The molecule has 0 bridgehead atoms. The van der Waals surface area contributed by atoms with Crippen molar-refractivity contribution in [1.82, 2.24) is 10.2 Å². The summed E-state index contributed by atoms with van der Waals surface area (Å²) < 4.78 is 37.6. The van der Waals surface area contributed by atoms with Crippen LogP contribution in [0.5, 0.6) is 11.5 Å². The maximum atomic E-state index is 12.5. The van der Waals surface area contributed by atoms with E-state index < -0.39 is 18.6 Å². The second-order valence-corrected chi connectivity index (χ2v) is 5.20. The van der Waals surface area contributed by atoms with Gasteiger partial charge in [-0.15, -0.1) is 24.8 Å². The van der Waals surface area contributed by atoms with E-state index in [1.165, 1.54) is 18.2 Å². The van der Waals surface area contributed by atoms with Crippen LogP contribution in [0.2, 0.25) is 0 Å². The predicted molar refractivity (Wildman–Crippen MR) is 86.7 cm³/mol. The highest BCUT2D eigenvalue weighted by Gasteiger charge is 2.32. The number of nitrogens with zero attached hydrogens (tertiary/aromatic N) is 1. The van der Waals surface area contributed by atoms with Crippen molar-refractivity contribution in [2.24, 2.45) is 0 Å². The van der Waals surface area contributed by atoms with E-state index in [4.69, 9.17) is 0 Å². The lowest BCUT2D eigenvalue weighted by Crippen LogP contribution is -2.45. The lowest BCUT2D eigenvalue weighted by molar-refractivity contribution is -0.138. The number of phenolic OH excluding ortho intramolecular Hbond substituents is 2. The summed E-state index contributed by atoms with van der Waals surface area (Å²) in [6.07, 6.45) is -5.30. The van der Waals surface area contributed by atoms with Gasteiger partial charge in [0.2, 0.25) is 0 Å². The second kappa shape index (κ2) is 9.42. The van der Waals surface area contributed by atoms with Crippen molar-refractivity contribution in [1.29, 1.82) is 0 Å².